The van der Waals surface area contributed by atoms with Gasteiger partial charge in [-0.05, 0) is 49.4 Å². The van der Waals surface area contributed by atoms with Gasteiger partial charge in [0.25, 0.3) is 0 Å². The number of nitrogens with two attached hydrogens (primary N) is 1. The fourth-order valence-electron chi connectivity index (χ4n) is 3.93. The molecule has 2 N–H and O–H groups in total. The topological polar surface area (TPSA) is 113 Å². The van der Waals surface area contributed by atoms with E-state index in [9.17, 15) is 10.1 Å². The molecule has 4 rings (SSSR count). The maximum Gasteiger partial charge on any atom is 0.343 e. The summed E-state index contributed by atoms with van der Waals surface area (Å²) in [5.41, 5.74) is 8.06. The van der Waals surface area contributed by atoms with E-state index in [4.69, 9.17) is 29.4 Å². The van der Waals surface area contributed by atoms with E-state index in [2.05, 4.69) is 6.07 Å². The van der Waals surface area contributed by atoms with Crippen molar-refractivity contribution in [1.82, 2.24) is 0 Å². The summed E-state index contributed by atoms with van der Waals surface area (Å²) in [5.74, 6) is 1.22. The van der Waals surface area contributed by atoms with E-state index in [0.717, 1.165) is 0 Å². The lowest BCUT2D eigenvalue weighted by atomic mass is 9.83. The Balaban J connectivity index is 1.71. The summed E-state index contributed by atoms with van der Waals surface area (Å²) in [4.78, 5) is 12.7. The van der Waals surface area contributed by atoms with Gasteiger partial charge in [-0.15, -0.1) is 0 Å². The van der Waals surface area contributed by atoms with Crippen LogP contribution in [0.4, 0.5) is 0 Å². The predicted molar refractivity (Wildman–Crippen MR) is 128 cm³/mol. The first-order chi connectivity index (χ1) is 17.0. The first-order valence-corrected chi connectivity index (χ1v) is 10.9. The van der Waals surface area contributed by atoms with Crippen LogP contribution in [-0.2, 0) is 0 Å². The van der Waals surface area contributed by atoms with Crippen LogP contribution in [0.1, 0.15) is 34.3 Å². The number of carbonyl (C=O) groups excluding carboxylic acids is 1. The molecule has 35 heavy (non-hydrogen) atoms. The Labute approximate surface area is 203 Å². The molecule has 3 aromatic rings. The molecule has 178 valence electrons. The van der Waals surface area contributed by atoms with Crippen molar-refractivity contribution in [2.24, 2.45) is 5.73 Å². The van der Waals surface area contributed by atoms with Gasteiger partial charge in [-0.3, -0.25) is 0 Å². The van der Waals surface area contributed by atoms with Crippen molar-refractivity contribution in [2.75, 3.05) is 20.8 Å². The molecule has 0 fully saturated rings. The van der Waals surface area contributed by atoms with Crippen LogP contribution in [0.25, 0.3) is 0 Å². The number of methoxy groups -OCH3 is 2. The first kappa shape index (κ1) is 23.5. The Morgan fingerprint density at radius 2 is 1.80 bits per heavy atom. The molecule has 1 aliphatic heterocycles. The molecule has 1 atom stereocenters. The largest absolute Gasteiger partial charge is 0.497 e. The van der Waals surface area contributed by atoms with Crippen LogP contribution in [0, 0.1) is 11.3 Å². The third-order valence-electron chi connectivity index (χ3n) is 5.53. The number of fused-ring (bicyclic) bond motifs is 1. The van der Waals surface area contributed by atoms with Gasteiger partial charge in [-0.1, -0.05) is 12.1 Å². The molecular weight excluding hydrogens is 448 g/mol. The minimum Gasteiger partial charge on any atom is -0.497 e. The van der Waals surface area contributed by atoms with Gasteiger partial charge in [0, 0.05) is 17.2 Å². The molecule has 1 unspecified atom stereocenters. The minimum atomic E-state index is -0.568. The van der Waals surface area contributed by atoms with Crippen molar-refractivity contribution in [3.63, 3.8) is 0 Å². The Kier molecular flexibility index (Phi) is 6.78. The molecule has 0 saturated heterocycles. The quantitative estimate of drug-likeness (QED) is 0.394. The fourth-order valence-corrected chi connectivity index (χ4v) is 3.93. The number of esters is 1. The molecule has 1 heterocycles. The number of hydrogen-bond donors (Lipinski definition) is 1. The van der Waals surface area contributed by atoms with Crippen LogP contribution in [0.2, 0.25) is 0 Å². The summed E-state index contributed by atoms with van der Waals surface area (Å²) in [7, 11) is 3.11. The van der Waals surface area contributed by atoms with Crippen molar-refractivity contribution in [3.05, 3.63) is 88.8 Å². The third kappa shape index (κ3) is 4.70. The third-order valence-corrected chi connectivity index (χ3v) is 5.53. The highest BCUT2D eigenvalue weighted by molar-refractivity contribution is 5.91. The average molecular weight is 472 g/mol. The van der Waals surface area contributed by atoms with Crippen LogP contribution in [0.5, 0.6) is 28.7 Å². The molecule has 8 nitrogen and oxygen atoms in total. The zero-order valence-electron chi connectivity index (χ0n) is 19.5. The van der Waals surface area contributed by atoms with Crippen LogP contribution in [0.3, 0.4) is 0 Å². The molecule has 0 aromatic heterocycles. The lowest BCUT2D eigenvalue weighted by Crippen LogP contribution is -2.21. The van der Waals surface area contributed by atoms with E-state index >= 15 is 0 Å². The van der Waals surface area contributed by atoms with Gasteiger partial charge in [0.2, 0.25) is 5.88 Å². The second-order valence-electron chi connectivity index (χ2n) is 7.58. The lowest BCUT2D eigenvalue weighted by Gasteiger charge is -2.28. The molecular formula is C27H24N2O6. The van der Waals surface area contributed by atoms with E-state index in [-0.39, 0.29) is 17.2 Å². The standard InChI is InChI=1S/C27H24N2O6/c1-4-33-18-7-5-6-16(12-18)27(30)34-19-8-10-20-24(14-19)35-26(29)22(15-28)25(20)21-13-17(31-2)9-11-23(21)32-3/h5-14,25H,4,29H2,1-3H3. The maximum atomic E-state index is 12.7. The summed E-state index contributed by atoms with van der Waals surface area (Å²) < 4.78 is 27.7. The number of nitriles is 1. The molecule has 0 saturated carbocycles. The number of benzene rings is 3. The number of rotatable bonds is 7. The minimum absolute atomic E-state index is 0.0391. The molecule has 0 bridgehead atoms. The van der Waals surface area contributed by atoms with E-state index in [1.54, 1.807) is 74.9 Å². The Hall–Kier alpha value is -4.64. The monoisotopic (exact) mass is 472 g/mol. The summed E-state index contributed by atoms with van der Waals surface area (Å²) in [5, 5.41) is 9.85. The van der Waals surface area contributed by atoms with Crippen LogP contribution in [-0.4, -0.2) is 26.8 Å². The second-order valence-corrected chi connectivity index (χ2v) is 7.58. The van der Waals surface area contributed by atoms with Crippen LogP contribution < -0.4 is 29.4 Å². The number of carbonyl (C=O) groups is 1. The van der Waals surface area contributed by atoms with Gasteiger partial charge in [-0.25, -0.2) is 4.79 Å². The summed E-state index contributed by atoms with van der Waals surface area (Å²) >= 11 is 0. The normalized spacial score (nSPS) is 14.3. The van der Waals surface area contributed by atoms with Gasteiger partial charge in [0.05, 0.1) is 32.3 Å². The molecule has 3 aromatic carbocycles. The van der Waals surface area contributed by atoms with Gasteiger partial charge >= 0.3 is 5.97 Å². The maximum absolute atomic E-state index is 12.7. The molecule has 0 aliphatic carbocycles. The lowest BCUT2D eigenvalue weighted by molar-refractivity contribution is 0.0734. The van der Waals surface area contributed by atoms with Crippen molar-refractivity contribution < 1.29 is 28.5 Å². The van der Waals surface area contributed by atoms with Gasteiger partial charge in [0.15, 0.2) is 0 Å². The SMILES string of the molecule is CCOc1cccc(C(=O)Oc2ccc3c(c2)OC(N)=C(C#N)C3c2cc(OC)ccc2OC)c1. The van der Waals surface area contributed by atoms with E-state index in [1.807, 2.05) is 6.92 Å². The number of allylic oxidation sites excluding steroid dienone is 1. The van der Waals surface area contributed by atoms with Crippen LogP contribution in [0.15, 0.2) is 72.1 Å². The van der Waals surface area contributed by atoms with E-state index in [1.165, 1.54) is 0 Å². The van der Waals surface area contributed by atoms with Crippen molar-refractivity contribution in [3.8, 4) is 34.8 Å². The molecule has 1 aliphatic rings. The molecule has 8 heteroatoms. The summed E-state index contributed by atoms with van der Waals surface area (Å²) in [6, 6.07) is 19.2. The highest BCUT2D eigenvalue weighted by atomic mass is 16.5. The van der Waals surface area contributed by atoms with E-state index < -0.39 is 11.9 Å². The molecule has 0 radical (unpaired) electrons. The van der Waals surface area contributed by atoms with Crippen molar-refractivity contribution in [2.45, 2.75) is 12.8 Å². The number of nitrogens with zero attached hydrogens (tertiary/aromatic N) is 1. The van der Waals surface area contributed by atoms with Crippen LogP contribution >= 0.6 is 0 Å². The van der Waals surface area contributed by atoms with Gasteiger partial charge in [-0.2, -0.15) is 5.26 Å². The van der Waals surface area contributed by atoms with Crippen molar-refractivity contribution >= 4 is 5.97 Å². The Morgan fingerprint density at radius 3 is 2.51 bits per heavy atom. The Bertz CT molecular complexity index is 1340. The zero-order valence-corrected chi connectivity index (χ0v) is 19.5. The number of hydrogen-bond acceptors (Lipinski definition) is 8. The van der Waals surface area contributed by atoms with Gasteiger partial charge in [0.1, 0.15) is 40.4 Å². The Morgan fingerprint density at radius 1 is 1.00 bits per heavy atom. The second kappa shape index (κ2) is 10.1. The van der Waals surface area contributed by atoms with Crippen molar-refractivity contribution in [1.29, 1.82) is 5.26 Å². The highest BCUT2D eigenvalue weighted by Gasteiger charge is 2.33. The summed E-state index contributed by atoms with van der Waals surface area (Å²) in [6.45, 7) is 2.35. The van der Waals surface area contributed by atoms with E-state index in [0.29, 0.717) is 46.3 Å². The zero-order chi connectivity index (χ0) is 24.9. The smallest absolute Gasteiger partial charge is 0.343 e. The molecule has 0 amide bonds. The fraction of sp³-hybridized carbons (Fsp3) is 0.185. The molecule has 0 spiro atoms. The average Bonchev–Trinajstić information content (AvgIpc) is 2.87. The first-order valence-electron chi connectivity index (χ1n) is 10.9. The highest BCUT2D eigenvalue weighted by Crippen LogP contribution is 2.46. The summed E-state index contributed by atoms with van der Waals surface area (Å²) in [6.07, 6.45) is 0. The predicted octanol–water partition coefficient (Wildman–Crippen LogP) is 4.54. The van der Waals surface area contributed by atoms with Gasteiger partial charge < -0.3 is 29.4 Å². The number of ether oxygens (including phenoxy) is 5.